The Balaban J connectivity index is 2.76. The van der Waals surface area contributed by atoms with E-state index in [1.807, 2.05) is 31.3 Å². The lowest BCUT2D eigenvalue weighted by molar-refractivity contribution is 0.413. The molecule has 3 heteroatoms. The summed E-state index contributed by atoms with van der Waals surface area (Å²) in [7, 11) is 3.73. The molecule has 0 heterocycles. The minimum absolute atomic E-state index is 0.176. The van der Waals surface area contributed by atoms with E-state index in [1.165, 1.54) is 0 Å². The molecule has 0 aliphatic carbocycles. The summed E-state index contributed by atoms with van der Waals surface area (Å²) in [4.78, 5) is 2.14. The predicted octanol–water partition coefficient (Wildman–Crippen LogP) is 2.11. The predicted molar refractivity (Wildman–Crippen MR) is 69.1 cm³/mol. The molecule has 0 radical (unpaired) electrons. The Morgan fingerprint density at radius 1 is 1.31 bits per heavy atom. The van der Waals surface area contributed by atoms with Gasteiger partial charge in [-0.25, -0.2) is 0 Å². The molecule has 0 bridgehead atoms. The van der Waals surface area contributed by atoms with Crippen LogP contribution in [0.4, 0.5) is 5.69 Å². The summed E-state index contributed by atoms with van der Waals surface area (Å²) < 4.78 is 5.33. The van der Waals surface area contributed by atoms with E-state index < -0.39 is 0 Å². The molecule has 90 valence electrons. The molecular weight excluding hydrogens is 200 g/mol. The van der Waals surface area contributed by atoms with Gasteiger partial charge in [0.1, 0.15) is 5.75 Å². The van der Waals surface area contributed by atoms with Crippen molar-refractivity contribution in [1.29, 1.82) is 0 Å². The van der Waals surface area contributed by atoms with Gasteiger partial charge in [0.15, 0.2) is 0 Å². The highest BCUT2D eigenvalue weighted by Crippen LogP contribution is 2.26. The van der Waals surface area contributed by atoms with E-state index >= 15 is 0 Å². The molecule has 0 aliphatic rings. The summed E-state index contributed by atoms with van der Waals surface area (Å²) in [5, 5.41) is 0. The van der Waals surface area contributed by atoms with E-state index in [0.29, 0.717) is 5.92 Å². The largest absolute Gasteiger partial charge is 0.495 e. The average molecular weight is 222 g/mol. The van der Waals surface area contributed by atoms with Crippen LogP contribution in [0.3, 0.4) is 0 Å². The van der Waals surface area contributed by atoms with Crippen molar-refractivity contribution in [3.8, 4) is 5.75 Å². The van der Waals surface area contributed by atoms with Gasteiger partial charge in [0.2, 0.25) is 0 Å². The van der Waals surface area contributed by atoms with E-state index in [0.717, 1.165) is 18.0 Å². The maximum atomic E-state index is 6.06. The van der Waals surface area contributed by atoms with Gasteiger partial charge in [-0.3, -0.25) is 0 Å². The molecule has 0 saturated heterocycles. The van der Waals surface area contributed by atoms with Gasteiger partial charge in [-0.15, -0.1) is 0 Å². The van der Waals surface area contributed by atoms with Crippen molar-refractivity contribution in [2.45, 2.75) is 19.9 Å². The number of likely N-dealkylation sites (N-methyl/N-ethyl adjacent to an activating group) is 1. The van der Waals surface area contributed by atoms with Crippen LogP contribution in [0.25, 0.3) is 0 Å². The molecule has 0 saturated carbocycles. The molecule has 3 nitrogen and oxygen atoms in total. The number of nitrogens with zero attached hydrogens (tertiary/aromatic N) is 1. The summed E-state index contributed by atoms with van der Waals surface area (Å²) in [5.74, 6) is 1.37. The Hall–Kier alpha value is -1.22. The molecular formula is C13H22N2O. The maximum Gasteiger partial charge on any atom is 0.142 e. The van der Waals surface area contributed by atoms with Gasteiger partial charge in [-0.1, -0.05) is 26.0 Å². The third kappa shape index (κ3) is 3.14. The molecule has 1 atom stereocenters. The number of hydrogen-bond donors (Lipinski definition) is 1. The van der Waals surface area contributed by atoms with E-state index in [2.05, 4.69) is 18.7 Å². The number of methoxy groups -OCH3 is 1. The Labute approximate surface area is 98.2 Å². The fraction of sp³-hybridized carbons (Fsp3) is 0.538. The van der Waals surface area contributed by atoms with Crippen molar-refractivity contribution >= 4 is 5.69 Å². The fourth-order valence-electron chi connectivity index (χ4n) is 1.57. The van der Waals surface area contributed by atoms with Crippen molar-refractivity contribution in [1.82, 2.24) is 0 Å². The number of hydrogen-bond acceptors (Lipinski definition) is 3. The van der Waals surface area contributed by atoms with Crippen LogP contribution in [0.5, 0.6) is 5.75 Å². The van der Waals surface area contributed by atoms with E-state index in [1.54, 1.807) is 7.11 Å². The molecule has 16 heavy (non-hydrogen) atoms. The molecule has 0 spiro atoms. The second-order valence-corrected chi connectivity index (χ2v) is 4.46. The van der Waals surface area contributed by atoms with E-state index in [-0.39, 0.29) is 6.04 Å². The minimum atomic E-state index is 0.176. The number of ether oxygens (including phenoxy) is 1. The van der Waals surface area contributed by atoms with Crippen LogP contribution >= 0.6 is 0 Å². The first kappa shape index (κ1) is 12.8. The van der Waals surface area contributed by atoms with Crippen LogP contribution in [0, 0.1) is 5.92 Å². The van der Waals surface area contributed by atoms with Crippen LogP contribution in [-0.2, 0) is 0 Å². The SMILES string of the molecule is COc1ccccc1N(C)CC(N)C(C)C. The Morgan fingerprint density at radius 3 is 2.50 bits per heavy atom. The zero-order valence-electron chi connectivity index (χ0n) is 10.6. The lowest BCUT2D eigenvalue weighted by Crippen LogP contribution is -2.39. The van der Waals surface area contributed by atoms with Crippen molar-refractivity contribution in [3.05, 3.63) is 24.3 Å². The monoisotopic (exact) mass is 222 g/mol. The summed E-state index contributed by atoms with van der Waals surface area (Å²) in [6.45, 7) is 5.11. The third-order valence-corrected chi connectivity index (χ3v) is 2.84. The van der Waals surface area contributed by atoms with Crippen molar-refractivity contribution < 1.29 is 4.74 Å². The van der Waals surface area contributed by atoms with Crippen LogP contribution in [0.15, 0.2) is 24.3 Å². The lowest BCUT2D eigenvalue weighted by atomic mass is 10.1. The summed E-state index contributed by atoms with van der Waals surface area (Å²) in [6.07, 6.45) is 0. The fourth-order valence-corrected chi connectivity index (χ4v) is 1.57. The number of benzene rings is 1. The molecule has 0 aliphatic heterocycles. The second kappa shape index (κ2) is 5.75. The van der Waals surface area contributed by atoms with Crippen molar-refractivity contribution in [3.63, 3.8) is 0 Å². The van der Waals surface area contributed by atoms with Crippen molar-refractivity contribution in [2.75, 3.05) is 25.6 Å². The number of anilines is 1. The van der Waals surface area contributed by atoms with Crippen LogP contribution in [-0.4, -0.2) is 26.7 Å². The Bertz CT molecular complexity index is 325. The lowest BCUT2D eigenvalue weighted by Gasteiger charge is -2.26. The maximum absolute atomic E-state index is 6.06. The van der Waals surface area contributed by atoms with Gasteiger partial charge in [-0.2, -0.15) is 0 Å². The van der Waals surface area contributed by atoms with Gasteiger partial charge in [0.05, 0.1) is 12.8 Å². The van der Waals surface area contributed by atoms with Gasteiger partial charge in [0.25, 0.3) is 0 Å². The van der Waals surface area contributed by atoms with Crippen LogP contribution < -0.4 is 15.4 Å². The Morgan fingerprint density at radius 2 is 1.94 bits per heavy atom. The highest BCUT2D eigenvalue weighted by Gasteiger charge is 2.13. The molecule has 1 rings (SSSR count). The zero-order valence-corrected chi connectivity index (χ0v) is 10.6. The van der Waals surface area contributed by atoms with Gasteiger partial charge in [-0.05, 0) is 18.1 Å². The zero-order chi connectivity index (χ0) is 12.1. The molecule has 1 aromatic rings. The van der Waals surface area contributed by atoms with Gasteiger partial charge >= 0.3 is 0 Å². The molecule has 0 amide bonds. The first-order valence-corrected chi connectivity index (χ1v) is 5.66. The molecule has 1 unspecified atom stereocenters. The molecule has 1 aromatic carbocycles. The first-order chi connectivity index (χ1) is 7.56. The van der Waals surface area contributed by atoms with Gasteiger partial charge < -0.3 is 15.4 Å². The summed E-state index contributed by atoms with van der Waals surface area (Å²) in [5.41, 5.74) is 7.15. The molecule has 0 aromatic heterocycles. The Kier molecular flexibility index (Phi) is 4.62. The smallest absolute Gasteiger partial charge is 0.142 e. The highest BCUT2D eigenvalue weighted by molar-refractivity contribution is 5.57. The topological polar surface area (TPSA) is 38.5 Å². The second-order valence-electron chi connectivity index (χ2n) is 4.46. The quantitative estimate of drug-likeness (QED) is 0.829. The first-order valence-electron chi connectivity index (χ1n) is 5.66. The highest BCUT2D eigenvalue weighted by atomic mass is 16.5. The van der Waals surface area contributed by atoms with Gasteiger partial charge in [0, 0.05) is 19.6 Å². The van der Waals surface area contributed by atoms with E-state index in [4.69, 9.17) is 10.5 Å². The molecule has 0 fully saturated rings. The van der Waals surface area contributed by atoms with Crippen LogP contribution in [0.2, 0.25) is 0 Å². The number of para-hydroxylation sites is 2. The standard InChI is InChI=1S/C13H22N2O/c1-10(2)11(14)9-15(3)12-7-5-6-8-13(12)16-4/h5-8,10-11H,9,14H2,1-4H3. The summed E-state index contributed by atoms with van der Waals surface area (Å²) in [6, 6.07) is 8.17. The normalized spacial score (nSPS) is 12.6. The number of nitrogens with two attached hydrogens (primary N) is 1. The number of rotatable bonds is 5. The van der Waals surface area contributed by atoms with Crippen LogP contribution in [0.1, 0.15) is 13.8 Å². The third-order valence-electron chi connectivity index (χ3n) is 2.84. The average Bonchev–Trinajstić information content (AvgIpc) is 2.28. The summed E-state index contributed by atoms with van der Waals surface area (Å²) >= 11 is 0. The van der Waals surface area contributed by atoms with E-state index in [9.17, 15) is 0 Å². The molecule has 2 N–H and O–H groups in total. The van der Waals surface area contributed by atoms with Crippen molar-refractivity contribution in [2.24, 2.45) is 11.7 Å². The minimum Gasteiger partial charge on any atom is -0.495 e.